The number of esters is 1. The number of fused-ring (bicyclic) bond motifs is 2. The molecule has 0 unspecified atom stereocenters. The van der Waals surface area contributed by atoms with Crippen LogP contribution in [0.4, 0.5) is 0 Å². The fourth-order valence-corrected chi connectivity index (χ4v) is 3.73. The van der Waals surface area contributed by atoms with Gasteiger partial charge in [-0.2, -0.15) is 0 Å². The molecule has 4 aromatic rings. The molecule has 4 rings (SSSR count). The minimum absolute atomic E-state index is 0.201. The Bertz CT molecular complexity index is 1220. The van der Waals surface area contributed by atoms with Crippen molar-refractivity contribution in [3.63, 3.8) is 0 Å². The maximum absolute atomic E-state index is 11.9. The molecule has 0 saturated heterocycles. The van der Waals surface area contributed by atoms with Gasteiger partial charge in [-0.15, -0.1) is 0 Å². The molecule has 7 heteroatoms. The second-order valence-electron chi connectivity index (χ2n) is 7.84. The zero-order valence-corrected chi connectivity index (χ0v) is 18.6. The second kappa shape index (κ2) is 7.43. The van der Waals surface area contributed by atoms with Crippen molar-refractivity contribution in [2.24, 2.45) is 0 Å². The van der Waals surface area contributed by atoms with Crippen molar-refractivity contribution in [3.8, 4) is 17.1 Å². The molecule has 0 aliphatic rings. The standard InChI is InChI=1S/C22H20BrClN2O3/c1-22(2,3)29-21(27)11-28-20-10-17-13(6-15(20)24)8-19(26-17)18-7-12-4-5-14(23)9-16(12)25-18/h4-10,25-26H,11H2,1-3H3. The van der Waals surface area contributed by atoms with Gasteiger partial charge in [-0.05, 0) is 51.1 Å². The van der Waals surface area contributed by atoms with Gasteiger partial charge >= 0.3 is 5.97 Å². The molecule has 0 saturated carbocycles. The van der Waals surface area contributed by atoms with Crippen molar-refractivity contribution in [1.82, 2.24) is 9.97 Å². The van der Waals surface area contributed by atoms with E-state index in [-0.39, 0.29) is 6.61 Å². The number of benzene rings is 2. The van der Waals surface area contributed by atoms with E-state index in [9.17, 15) is 4.79 Å². The van der Waals surface area contributed by atoms with E-state index in [1.54, 1.807) is 6.07 Å². The van der Waals surface area contributed by atoms with Crippen LogP contribution in [0.2, 0.25) is 5.02 Å². The van der Waals surface area contributed by atoms with Crippen LogP contribution in [0.1, 0.15) is 20.8 Å². The smallest absolute Gasteiger partial charge is 0.344 e. The van der Waals surface area contributed by atoms with Crippen LogP contribution >= 0.6 is 27.5 Å². The number of carbonyl (C=O) groups is 1. The van der Waals surface area contributed by atoms with Gasteiger partial charge in [0.05, 0.1) is 16.4 Å². The van der Waals surface area contributed by atoms with Crippen LogP contribution in [0.25, 0.3) is 33.2 Å². The van der Waals surface area contributed by atoms with Crippen LogP contribution in [-0.4, -0.2) is 28.1 Å². The number of carbonyl (C=O) groups excluding carboxylic acids is 1. The highest BCUT2D eigenvalue weighted by atomic mass is 79.9. The highest BCUT2D eigenvalue weighted by molar-refractivity contribution is 9.10. The van der Waals surface area contributed by atoms with E-state index in [0.717, 1.165) is 37.7 Å². The molecule has 29 heavy (non-hydrogen) atoms. The number of ether oxygens (including phenoxy) is 2. The molecule has 2 N–H and O–H groups in total. The molecular formula is C22H20BrClN2O3. The third-order valence-corrected chi connectivity index (χ3v) is 5.10. The third kappa shape index (κ3) is 4.43. The van der Waals surface area contributed by atoms with E-state index in [1.165, 1.54) is 0 Å². The maximum Gasteiger partial charge on any atom is 0.344 e. The van der Waals surface area contributed by atoms with Crippen LogP contribution in [0.15, 0.2) is 46.9 Å². The summed E-state index contributed by atoms with van der Waals surface area (Å²) in [4.78, 5) is 18.7. The molecule has 0 aliphatic heterocycles. The summed E-state index contributed by atoms with van der Waals surface area (Å²) in [6, 6.07) is 13.8. The van der Waals surface area contributed by atoms with Crippen molar-refractivity contribution in [3.05, 3.63) is 52.0 Å². The summed E-state index contributed by atoms with van der Waals surface area (Å²) in [5, 5.41) is 2.52. The van der Waals surface area contributed by atoms with Crippen LogP contribution in [-0.2, 0) is 9.53 Å². The van der Waals surface area contributed by atoms with Crippen molar-refractivity contribution in [1.29, 1.82) is 0 Å². The monoisotopic (exact) mass is 474 g/mol. The predicted octanol–water partition coefficient (Wildman–Crippen LogP) is 6.45. The summed E-state index contributed by atoms with van der Waals surface area (Å²) in [5.74, 6) is -0.0101. The average molecular weight is 476 g/mol. The molecule has 150 valence electrons. The first kappa shape index (κ1) is 19.9. The highest BCUT2D eigenvalue weighted by Gasteiger charge is 2.17. The Morgan fingerprint density at radius 1 is 1.00 bits per heavy atom. The second-order valence-corrected chi connectivity index (χ2v) is 9.17. The summed E-state index contributed by atoms with van der Waals surface area (Å²) >= 11 is 9.85. The zero-order chi connectivity index (χ0) is 20.8. The number of nitrogens with one attached hydrogen (secondary N) is 2. The minimum Gasteiger partial charge on any atom is -0.480 e. The number of hydrogen-bond acceptors (Lipinski definition) is 3. The number of aromatic amines is 2. The van der Waals surface area contributed by atoms with E-state index < -0.39 is 11.6 Å². The van der Waals surface area contributed by atoms with Crippen LogP contribution in [0.3, 0.4) is 0 Å². The normalized spacial score (nSPS) is 11.9. The lowest BCUT2D eigenvalue weighted by Gasteiger charge is -2.19. The number of H-pyrrole nitrogens is 2. The van der Waals surface area contributed by atoms with E-state index in [4.69, 9.17) is 21.1 Å². The number of hydrogen-bond donors (Lipinski definition) is 2. The molecule has 2 aromatic heterocycles. The topological polar surface area (TPSA) is 67.1 Å². The maximum atomic E-state index is 11.9. The summed E-state index contributed by atoms with van der Waals surface area (Å²) in [6.45, 7) is 5.24. The predicted molar refractivity (Wildman–Crippen MR) is 120 cm³/mol. The molecular weight excluding hydrogens is 456 g/mol. The van der Waals surface area contributed by atoms with Crippen molar-refractivity contribution in [2.45, 2.75) is 26.4 Å². The third-order valence-electron chi connectivity index (χ3n) is 4.31. The first-order valence-corrected chi connectivity index (χ1v) is 10.3. The molecule has 2 aromatic carbocycles. The van der Waals surface area contributed by atoms with Crippen molar-refractivity contribution < 1.29 is 14.3 Å². The van der Waals surface area contributed by atoms with Gasteiger partial charge in [0.25, 0.3) is 0 Å². The lowest BCUT2D eigenvalue weighted by atomic mass is 10.2. The Morgan fingerprint density at radius 2 is 1.66 bits per heavy atom. The lowest BCUT2D eigenvalue weighted by molar-refractivity contribution is -0.157. The summed E-state index contributed by atoms with van der Waals surface area (Å²) in [5.41, 5.74) is 3.27. The highest BCUT2D eigenvalue weighted by Crippen LogP contribution is 2.33. The Kier molecular flexibility index (Phi) is 5.09. The average Bonchev–Trinajstić information content (AvgIpc) is 3.21. The van der Waals surface area contributed by atoms with Gasteiger partial charge in [0.15, 0.2) is 6.61 Å². The van der Waals surface area contributed by atoms with Crippen LogP contribution < -0.4 is 4.74 Å². The minimum atomic E-state index is -0.558. The first-order chi connectivity index (χ1) is 13.7. The lowest BCUT2D eigenvalue weighted by Crippen LogP contribution is -2.27. The number of aromatic nitrogens is 2. The molecule has 0 radical (unpaired) electrons. The van der Waals surface area contributed by atoms with Gasteiger partial charge in [0.1, 0.15) is 11.4 Å². The van der Waals surface area contributed by atoms with Gasteiger partial charge in [0.2, 0.25) is 0 Å². The van der Waals surface area contributed by atoms with E-state index in [0.29, 0.717) is 10.8 Å². The molecule has 0 fully saturated rings. The van der Waals surface area contributed by atoms with E-state index >= 15 is 0 Å². The molecule has 0 bridgehead atoms. The van der Waals surface area contributed by atoms with Gasteiger partial charge in [-0.25, -0.2) is 4.79 Å². The Labute approximate surface area is 181 Å². The molecule has 0 spiro atoms. The van der Waals surface area contributed by atoms with Gasteiger partial charge in [0, 0.05) is 32.3 Å². The Balaban J connectivity index is 1.60. The summed E-state index contributed by atoms with van der Waals surface area (Å²) < 4.78 is 11.9. The Morgan fingerprint density at radius 3 is 2.34 bits per heavy atom. The fraction of sp³-hybridized carbons (Fsp3) is 0.227. The van der Waals surface area contributed by atoms with Crippen LogP contribution in [0.5, 0.6) is 5.75 Å². The first-order valence-electron chi connectivity index (χ1n) is 9.13. The van der Waals surface area contributed by atoms with Crippen molar-refractivity contribution >= 4 is 55.3 Å². The molecule has 2 heterocycles. The molecule has 5 nitrogen and oxygen atoms in total. The summed E-state index contributed by atoms with van der Waals surface area (Å²) in [7, 11) is 0. The number of rotatable bonds is 4. The zero-order valence-electron chi connectivity index (χ0n) is 16.2. The van der Waals surface area contributed by atoms with Gasteiger partial charge < -0.3 is 19.4 Å². The SMILES string of the molecule is CC(C)(C)OC(=O)COc1cc2[nH]c(-c3cc4ccc(Br)cc4[nH]3)cc2cc1Cl. The molecule has 0 aliphatic carbocycles. The van der Waals surface area contributed by atoms with Gasteiger partial charge in [-0.3, -0.25) is 0 Å². The molecule has 0 atom stereocenters. The van der Waals surface area contributed by atoms with E-state index in [1.807, 2.05) is 45.0 Å². The van der Waals surface area contributed by atoms with E-state index in [2.05, 4.69) is 38.0 Å². The summed E-state index contributed by atoms with van der Waals surface area (Å²) in [6.07, 6.45) is 0. The molecule has 0 amide bonds. The quantitative estimate of drug-likeness (QED) is 0.333. The largest absolute Gasteiger partial charge is 0.480 e. The van der Waals surface area contributed by atoms with Gasteiger partial charge in [-0.1, -0.05) is 33.6 Å². The van der Waals surface area contributed by atoms with Crippen molar-refractivity contribution in [2.75, 3.05) is 6.61 Å². The van der Waals surface area contributed by atoms with Crippen LogP contribution in [0, 0.1) is 0 Å². The fourth-order valence-electron chi connectivity index (χ4n) is 3.14. The Hall–Kier alpha value is -2.44. The number of halogens is 2.